The first-order valence-electron chi connectivity index (χ1n) is 6.69. The van der Waals surface area contributed by atoms with Crippen LogP contribution in [-0.2, 0) is 6.42 Å². The molecule has 0 heterocycles. The zero-order chi connectivity index (χ0) is 13.1. The van der Waals surface area contributed by atoms with Gasteiger partial charge in [0.05, 0.1) is 7.11 Å². The lowest BCUT2D eigenvalue weighted by Gasteiger charge is -2.17. The molecule has 3 atom stereocenters. The maximum Gasteiger partial charge on any atom is 0.119 e. The van der Waals surface area contributed by atoms with Crippen LogP contribution in [0.3, 0.4) is 0 Å². The maximum absolute atomic E-state index is 6.37. The second kappa shape index (κ2) is 5.98. The van der Waals surface area contributed by atoms with Crippen molar-refractivity contribution in [2.75, 3.05) is 12.9 Å². The van der Waals surface area contributed by atoms with Crippen LogP contribution in [0.5, 0.6) is 5.75 Å². The molecule has 0 saturated carbocycles. The lowest BCUT2D eigenvalue weighted by Crippen LogP contribution is -2.20. The van der Waals surface area contributed by atoms with Crippen molar-refractivity contribution in [3.05, 3.63) is 29.3 Å². The van der Waals surface area contributed by atoms with Gasteiger partial charge in [-0.15, -0.1) is 0 Å². The van der Waals surface area contributed by atoms with Crippen LogP contribution in [0.1, 0.15) is 37.4 Å². The first-order chi connectivity index (χ1) is 8.65. The second-order valence-corrected chi connectivity index (χ2v) is 6.45. The van der Waals surface area contributed by atoms with Gasteiger partial charge in [0.25, 0.3) is 0 Å². The van der Waals surface area contributed by atoms with Crippen molar-refractivity contribution < 1.29 is 4.74 Å². The van der Waals surface area contributed by atoms with Gasteiger partial charge in [0, 0.05) is 11.3 Å². The average Bonchev–Trinajstić information content (AvgIpc) is 2.72. The average molecular weight is 265 g/mol. The fourth-order valence-electron chi connectivity index (χ4n) is 2.31. The Kier molecular flexibility index (Phi) is 4.57. The van der Waals surface area contributed by atoms with Crippen LogP contribution in [0.25, 0.3) is 0 Å². The van der Waals surface area contributed by atoms with Gasteiger partial charge >= 0.3 is 0 Å². The lowest BCUT2D eigenvalue weighted by molar-refractivity contribution is 0.414. The van der Waals surface area contributed by atoms with Crippen molar-refractivity contribution >= 4 is 11.8 Å². The minimum Gasteiger partial charge on any atom is -0.497 e. The van der Waals surface area contributed by atoms with E-state index in [4.69, 9.17) is 10.5 Å². The Balaban J connectivity index is 2.03. The van der Waals surface area contributed by atoms with Crippen molar-refractivity contribution in [1.82, 2.24) is 0 Å². The van der Waals surface area contributed by atoms with Gasteiger partial charge in [-0.1, -0.05) is 26.3 Å². The van der Waals surface area contributed by atoms with Crippen molar-refractivity contribution in [3.63, 3.8) is 0 Å². The molecule has 1 aliphatic rings. The molecule has 0 bridgehead atoms. The highest BCUT2D eigenvalue weighted by atomic mass is 32.2. The van der Waals surface area contributed by atoms with E-state index in [2.05, 4.69) is 26.0 Å². The summed E-state index contributed by atoms with van der Waals surface area (Å²) >= 11 is 2.03. The van der Waals surface area contributed by atoms with Crippen LogP contribution in [0.4, 0.5) is 0 Å². The summed E-state index contributed by atoms with van der Waals surface area (Å²) in [6.07, 6.45) is 2.34. The molecule has 2 rings (SSSR count). The summed E-state index contributed by atoms with van der Waals surface area (Å²) in [5.41, 5.74) is 9.03. The van der Waals surface area contributed by atoms with Gasteiger partial charge in [-0.05, 0) is 41.4 Å². The van der Waals surface area contributed by atoms with E-state index in [0.29, 0.717) is 5.25 Å². The zero-order valence-electron chi connectivity index (χ0n) is 11.5. The molecule has 0 saturated heterocycles. The highest BCUT2D eigenvalue weighted by Gasteiger charge is 2.30. The van der Waals surface area contributed by atoms with Crippen molar-refractivity contribution in [1.29, 1.82) is 0 Å². The minimum atomic E-state index is 0.157. The van der Waals surface area contributed by atoms with Crippen molar-refractivity contribution in [2.45, 2.75) is 38.0 Å². The quantitative estimate of drug-likeness (QED) is 0.886. The summed E-state index contributed by atoms with van der Waals surface area (Å²) in [7, 11) is 1.71. The topological polar surface area (TPSA) is 35.2 Å². The van der Waals surface area contributed by atoms with E-state index >= 15 is 0 Å². The molecular formula is C15H23NOS. The molecule has 1 aromatic carbocycles. The van der Waals surface area contributed by atoms with Gasteiger partial charge in [-0.2, -0.15) is 11.8 Å². The van der Waals surface area contributed by atoms with E-state index < -0.39 is 0 Å². The maximum atomic E-state index is 6.37. The smallest absolute Gasteiger partial charge is 0.119 e. The Morgan fingerprint density at radius 1 is 1.50 bits per heavy atom. The summed E-state index contributed by atoms with van der Waals surface area (Å²) in [6.45, 7) is 4.56. The molecule has 0 fully saturated rings. The summed E-state index contributed by atoms with van der Waals surface area (Å²) in [6, 6.07) is 6.46. The van der Waals surface area contributed by atoms with Crippen LogP contribution in [0, 0.1) is 5.92 Å². The monoisotopic (exact) mass is 265 g/mol. The van der Waals surface area contributed by atoms with E-state index in [0.717, 1.165) is 18.1 Å². The standard InChI is InChI=1S/C15H23NOS/c1-4-10(2)9-18-14-7-11-5-6-12(17-3)8-13(11)15(14)16/h5-6,8,10,14-15H,4,7,9,16H2,1-3H3. The first kappa shape index (κ1) is 13.8. The molecule has 1 aliphatic carbocycles. The largest absolute Gasteiger partial charge is 0.497 e. The first-order valence-corrected chi connectivity index (χ1v) is 7.74. The second-order valence-electron chi connectivity index (χ2n) is 5.18. The van der Waals surface area contributed by atoms with Crippen LogP contribution in [0.15, 0.2) is 18.2 Å². The lowest BCUT2D eigenvalue weighted by atomic mass is 10.1. The molecule has 1 aromatic rings. The predicted molar refractivity (Wildman–Crippen MR) is 79.3 cm³/mol. The molecule has 100 valence electrons. The Morgan fingerprint density at radius 3 is 2.94 bits per heavy atom. The number of rotatable bonds is 5. The van der Waals surface area contributed by atoms with Gasteiger partial charge in [0.15, 0.2) is 0 Å². The van der Waals surface area contributed by atoms with Gasteiger partial charge in [-0.25, -0.2) is 0 Å². The highest BCUT2D eigenvalue weighted by molar-refractivity contribution is 7.99. The highest BCUT2D eigenvalue weighted by Crippen LogP contribution is 2.39. The van der Waals surface area contributed by atoms with E-state index in [1.54, 1.807) is 7.11 Å². The summed E-state index contributed by atoms with van der Waals surface area (Å²) in [5.74, 6) is 2.90. The van der Waals surface area contributed by atoms with Crippen LogP contribution in [0.2, 0.25) is 0 Å². The van der Waals surface area contributed by atoms with Crippen molar-refractivity contribution in [2.24, 2.45) is 11.7 Å². The molecular weight excluding hydrogens is 242 g/mol. The molecule has 18 heavy (non-hydrogen) atoms. The zero-order valence-corrected chi connectivity index (χ0v) is 12.3. The van der Waals surface area contributed by atoms with Crippen LogP contribution in [-0.4, -0.2) is 18.1 Å². The number of hydrogen-bond acceptors (Lipinski definition) is 3. The number of thioether (sulfide) groups is 1. The Labute approximate surface area is 114 Å². The molecule has 3 heteroatoms. The van der Waals surface area contributed by atoms with E-state index in [1.807, 2.05) is 17.8 Å². The fraction of sp³-hybridized carbons (Fsp3) is 0.600. The van der Waals surface area contributed by atoms with E-state index in [-0.39, 0.29) is 6.04 Å². The van der Waals surface area contributed by atoms with Crippen molar-refractivity contribution in [3.8, 4) is 5.75 Å². The minimum absolute atomic E-state index is 0.157. The third-order valence-electron chi connectivity index (χ3n) is 3.83. The molecule has 3 unspecified atom stereocenters. The molecule has 0 spiro atoms. The predicted octanol–water partition coefficient (Wildman–Crippen LogP) is 3.40. The third-order valence-corrected chi connectivity index (χ3v) is 5.48. The van der Waals surface area contributed by atoms with Crippen LogP contribution < -0.4 is 10.5 Å². The number of nitrogens with two attached hydrogens (primary N) is 1. The van der Waals surface area contributed by atoms with Gasteiger partial charge < -0.3 is 10.5 Å². The number of methoxy groups -OCH3 is 1. The third kappa shape index (κ3) is 2.83. The molecule has 2 nitrogen and oxygen atoms in total. The van der Waals surface area contributed by atoms with E-state index in [1.165, 1.54) is 23.3 Å². The Hall–Kier alpha value is -0.670. The van der Waals surface area contributed by atoms with Crippen LogP contribution >= 0.6 is 11.8 Å². The van der Waals surface area contributed by atoms with Gasteiger partial charge in [-0.3, -0.25) is 0 Å². The fourth-order valence-corrected chi connectivity index (χ4v) is 3.77. The van der Waals surface area contributed by atoms with Gasteiger partial charge in [0.1, 0.15) is 5.75 Å². The summed E-state index contributed by atoms with van der Waals surface area (Å²) in [4.78, 5) is 0. The Morgan fingerprint density at radius 2 is 2.28 bits per heavy atom. The number of benzene rings is 1. The van der Waals surface area contributed by atoms with Gasteiger partial charge in [0.2, 0.25) is 0 Å². The molecule has 2 N–H and O–H groups in total. The normalized spacial score (nSPS) is 23.8. The summed E-state index contributed by atoms with van der Waals surface area (Å²) in [5, 5.41) is 0.529. The molecule has 0 amide bonds. The molecule has 0 aromatic heterocycles. The molecule has 0 aliphatic heterocycles. The number of hydrogen-bond donors (Lipinski definition) is 1. The number of ether oxygens (including phenoxy) is 1. The Bertz CT molecular complexity index is 407. The number of fused-ring (bicyclic) bond motifs is 1. The SMILES string of the molecule is CCC(C)CSC1Cc2ccc(OC)cc2C1N. The molecule has 0 radical (unpaired) electrons. The van der Waals surface area contributed by atoms with E-state index in [9.17, 15) is 0 Å². The summed E-state index contributed by atoms with van der Waals surface area (Å²) < 4.78 is 5.28.